The van der Waals surface area contributed by atoms with Crippen molar-refractivity contribution in [1.82, 2.24) is 29.6 Å². The number of β-amino-alcohol motifs (C(OH)–C–C–N with tert-alkyl or cyclic N) is 1. The van der Waals surface area contributed by atoms with Crippen molar-refractivity contribution >= 4 is 0 Å². The van der Waals surface area contributed by atoms with Crippen molar-refractivity contribution in [1.29, 1.82) is 0 Å². The Balaban J connectivity index is 1.55. The number of rotatable bonds is 3. The number of fused-ring (bicyclic) bond motifs is 3. The Morgan fingerprint density at radius 3 is 2.90 bits per heavy atom. The molecule has 1 fully saturated rings. The van der Waals surface area contributed by atoms with Gasteiger partial charge in [-0.15, -0.1) is 0 Å². The number of benzene rings is 1. The van der Waals surface area contributed by atoms with E-state index in [1.165, 1.54) is 0 Å². The van der Waals surface area contributed by atoms with Gasteiger partial charge in [0.15, 0.2) is 5.82 Å². The first-order chi connectivity index (χ1) is 14.5. The lowest BCUT2D eigenvalue weighted by atomic mass is 9.87. The predicted molar refractivity (Wildman–Crippen MR) is 114 cm³/mol. The molecule has 0 saturated carbocycles. The fourth-order valence-corrected chi connectivity index (χ4v) is 4.43. The molecule has 2 aliphatic rings. The van der Waals surface area contributed by atoms with Gasteiger partial charge in [-0.2, -0.15) is 5.10 Å². The number of nitrogens with one attached hydrogen (secondary N) is 1. The first kappa shape index (κ1) is 19.3. The number of aliphatic hydroxyl groups excluding tert-OH is 1. The molecule has 158 valence electrons. The minimum atomic E-state index is -0.373. The Morgan fingerprint density at radius 1 is 1.23 bits per heavy atom. The maximum absolute atomic E-state index is 10.4. The SMILES string of the molecule is Cc1nc(-c2cn3c(n2)-c2ccc(C4CCNCC4O)cc2OCC3)n(C(C)C)n1. The molecule has 0 radical (unpaired) electrons. The van der Waals surface area contributed by atoms with Crippen LogP contribution in [0.5, 0.6) is 5.75 Å². The Kier molecular flexibility index (Phi) is 4.83. The van der Waals surface area contributed by atoms with Crippen LogP contribution >= 0.6 is 0 Å². The molecule has 0 bridgehead atoms. The van der Waals surface area contributed by atoms with Crippen LogP contribution in [0.2, 0.25) is 0 Å². The molecule has 2 unspecified atom stereocenters. The highest BCUT2D eigenvalue weighted by Crippen LogP contribution is 2.37. The lowest BCUT2D eigenvalue weighted by Crippen LogP contribution is -2.39. The molecular weight excluding hydrogens is 380 g/mol. The molecule has 3 aromatic rings. The monoisotopic (exact) mass is 408 g/mol. The van der Waals surface area contributed by atoms with E-state index in [1.807, 2.05) is 17.8 Å². The third-order valence-electron chi connectivity index (χ3n) is 5.95. The lowest BCUT2D eigenvalue weighted by Gasteiger charge is -2.29. The van der Waals surface area contributed by atoms with Gasteiger partial charge in [-0.3, -0.25) is 0 Å². The molecule has 1 aromatic carbocycles. The average molecular weight is 409 g/mol. The largest absolute Gasteiger partial charge is 0.491 e. The third kappa shape index (κ3) is 3.30. The summed E-state index contributed by atoms with van der Waals surface area (Å²) in [7, 11) is 0. The Labute approximate surface area is 175 Å². The molecule has 4 heterocycles. The quantitative estimate of drug-likeness (QED) is 0.692. The minimum absolute atomic E-state index is 0.131. The zero-order valence-corrected chi connectivity index (χ0v) is 17.7. The van der Waals surface area contributed by atoms with Crippen molar-refractivity contribution in [2.75, 3.05) is 19.7 Å². The van der Waals surface area contributed by atoms with E-state index in [1.54, 1.807) is 0 Å². The maximum Gasteiger partial charge on any atom is 0.178 e. The summed E-state index contributed by atoms with van der Waals surface area (Å²) < 4.78 is 10.1. The molecule has 8 heteroatoms. The molecule has 2 atom stereocenters. The van der Waals surface area contributed by atoms with Crippen LogP contribution in [0.3, 0.4) is 0 Å². The fraction of sp³-hybridized carbons (Fsp3) is 0.500. The number of aromatic nitrogens is 5. The Morgan fingerprint density at radius 2 is 2.10 bits per heavy atom. The smallest absolute Gasteiger partial charge is 0.178 e. The number of imidazole rings is 1. The molecular formula is C22H28N6O2. The van der Waals surface area contributed by atoms with Crippen molar-refractivity contribution in [3.8, 4) is 28.7 Å². The highest BCUT2D eigenvalue weighted by molar-refractivity contribution is 5.69. The summed E-state index contributed by atoms with van der Waals surface area (Å²) in [5, 5.41) is 18.2. The molecule has 5 rings (SSSR count). The van der Waals surface area contributed by atoms with Gasteiger partial charge in [-0.05, 0) is 51.4 Å². The zero-order chi connectivity index (χ0) is 20.8. The van der Waals surface area contributed by atoms with Crippen LogP contribution in [0.25, 0.3) is 22.9 Å². The van der Waals surface area contributed by atoms with Gasteiger partial charge in [0.2, 0.25) is 0 Å². The van der Waals surface area contributed by atoms with Gasteiger partial charge < -0.3 is 19.7 Å². The molecule has 2 aromatic heterocycles. The highest BCUT2D eigenvalue weighted by atomic mass is 16.5. The molecule has 0 aliphatic carbocycles. The minimum Gasteiger partial charge on any atom is -0.491 e. The van der Waals surface area contributed by atoms with E-state index < -0.39 is 0 Å². The number of ether oxygens (including phenoxy) is 1. The molecule has 0 amide bonds. The van der Waals surface area contributed by atoms with E-state index in [9.17, 15) is 5.11 Å². The topological polar surface area (TPSA) is 90.0 Å². The van der Waals surface area contributed by atoms with E-state index in [4.69, 9.17) is 9.72 Å². The van der Waals surface area contributed by atoms with Gasteiger partial charge in [-0.1, -0.05) is 6.07 Å². The van der Waals surface area contributed by atoms with Gasteiger partial charge in [-0.25, -0.2) is 14.6 Å². The van der Waals surface area contributed by atoms with E-state index in [2.05, 4.69) is 52.0 Å². The Hall–Kier alpha value is -2.71. The fourth-order valence-electron chi connectivity index (χ4n) is 4.43. The van der Waals surface area contributed by atoms with Crippen molar-refractivity contribution in [3.63, 3.8) is 0 Å². The normalized spacial score (nSPS) is 21.1. The number of nitrogens with zero attached hydrogens (tertiary/aromatic N) is 5. The van der Waals surface area contributed by atoms with Crippen LogP contribution in [0, 0.1) is 6.92 Å². The van der Waals surface area contributed by atoms with Crippen LogP contribution in [-0.2, 0) is 6.54 Å². The van der Waals surface area contributed by atoms with Crippen LogP contribution in [0.4, 0.5) is 0 Å². The standard InChI is InChI=1S/C22H28N6O2/c1-13(2)28-22(24-14(3)26-28)18-12-27-8-9-30-20-10-15(4-5-17(20)21(27)25-18)16-6-7-23-11-19(16)29/h4-5,10,12-13,16,19,23,29H,6-9,11H2,1-3H3. The van der Waals surface area contributed by atoms with Gasteiger partial charge >= 0.3 is 0 Å². The summed E-state index contributed by atoms with van der Waals surface area (Å²) in [6.07, 6.45) is 2.59. The summed E-state index contributed by atoms with van der Waals surface area (Å²) in [5.41, 5.74) is 2.92. The molecule has 2 aliphatic heterocycles. The third-order valence-corrected chi connectivity index (χ3v) is 5.95. The second kappa shape index (κ2) is 7.52. The number of aryl methyl sites for hydroxylation is 1. The second-order valence-electron chi connectivity index (χ2n) is 8.43. The van der Waals surface area contributed by atoms with Crippen LogP contribution < -0.4 is 10.1 Å². The summed E-state index contributed by atoms with van der Waals surface area (Å²) in [6.45, 7) is 8.94. The first-order valence-electron chi connectivity index (χ1n) is 10.7. The molecule has 2 N–H and O–H groups in total. The van der Waals surface area contributed by atoms with Gasteiger partial charge in [0.1, 0.15) is 29.7 Å². The average Bonchev–Trinajstić information content (AvgIpc) is 3.28. The van der Waals surface area contributed by atoms with Gasteiger partial charge in [0.05, 0.1) is 18.2 Å². The summed E-state index contributed by atoms with van der Waals surface area (Å²) in [5.74, 6) is 3.38. The maximum atomic E-state index is 10.4. The predicted octanol–water partition coefficient (Wildman–Crippen LogP) is 2.53. The van der Waals surface area contributed by atoms with E-state index in [-0.39, 0.29) is 18.1 Å². The van der Waals surface area contributed by atoms with Crippen LogP contribution in [-0.4, -0.2) is 55.2 Å². The molecule has 0 spiro atoms. The van der Waals surface area contributed by atoms with Crippen molar-refractivity contribution in [3.05, 3.63) is 35.8 Å². The van der Waals surface area contributed by atoms with E-state index in [0.29, 0.717) is 13.2 Å². The molecule has 1 saturated heterocycles. The number of aliphatic hydroxyl groups is 1. The van der Waals surface area contributed by atoms with Gasteiger partial charge in [0, 0.05) is 24.7 Å². The lowest BCUT2D eigenvalue weighted by molar-refractivity contribution is 0.118. The van der Waals surface area contributed by atoms with Gasteiger partial charge in [0.25, 0.3) is 0 Å². The Bertz CT molecular complexity index is 1070. The molecule has 8 nitrogen and oxygen atoms in total. The van der Waals surface area contributed by atoms with Crippen molar-refractivity contribution < 1.29 is 9.84 Å². The van der Waals surface area contributed by atoms with Crippen molar-refractivity contribution in [2.24, 2.45) is 0 Å². The van der Waals surface area contributed by atoms with E-state index in [0.717, 1.165) is 59.6 Å². The summed E-state index contributed by atoms with van der Waals surface area (Å²) in [4.78, 5) is 9.56. The van der Waals surface area contributed by atoms with E-state index >= 15 is 0 Å². The summed E-state index contributed by atoms with van der Waals surface area (Å²) in [6, 6.07) is 6.47. The summed E-state index contributed by atoms with van der Waals surface area (Å²) >= 11 is 0. The van der Waals surface area contributed by atoms with Crippen molar-refractivity contribution in [2.45, 2.75) is 51.8 Å². The first-order valence-corrected chi connectivity index (χ1v) is 10.7. The van der Waals surface area contributed by atoms with Crippen LogP contribution in [0.1, 0.15) is 43.6 Å². The number of piperidine rings is 1. The number of hydrogen-bond acceptors (Lipinski definition) is 6. The zero-order valence-electron chi connectivity index (χ0n) is 17.7. The second-order valence-corrected chi connectivity index (χ2v) is 8.43. The van der Waals surface area contributed by atoms with Crippen LogP contribution in [0.15, 0.2) is 24.4 Å². The number of hydrogen-bond donors (Lipinski definition) is 2. The highest BCUT2D eigenvalue weighted by Gasteiger charge is 2.27. The molecule has 30 heavy (non-hydrogen) atoms.